The van der Waals surface area contributed by atoms with Crippen LogP contribution in [-0.2, 0) is 4.74 Å². The van der Waals surface area contributed by atoms with E-state index in [2.05, 4.69) is 15.0 Å². The Morgan fingerprint density at radius 2 is 2.36 bits per heavy atom. The maximum absolute atomic E-state index is 11.1. The summed E-state index contributed by atoms with van der Waals surface area (Å²) in [7, 11) is 1.35. The Balaban J connectivity index is 2.13. The number of ether oxygens (including phenoxy) is 1. The van der Waals surface area contributed by atoms with Gasteiger partial charge in [0, 0.05) is 25.2 Å². The summed E-state index contributed by atoms with van der Waals surface area (Å²) >= 11 is 0. The monoisotopic (exact) mass is 192 g/mol. The summed E-state index contributed by atoms with van der Waals surface area (Å²) in [5.74, 6) is 0.164. The van der Waals surface area contributed by atoms with Gasteiger partial charge in [-0.2, -0.15) is 0 Å². The minimum absolute atomic E-state index is 0.364. The third-order valence-electron chi connectivity index (χ3n) is 2.43. The molecule has 1 N–H and O–H groups in total. The van der Waals surface area contributed by atoms with E-state index in [4.69, 9.17) is 0 Å². The molecule has 4 nitrogen and oxygen atoms in total. The second-order valence-electron chi connectivity index (χ2n) is 3.32. The van der Waals surface area contributed by atoms with Crippen molar-refractivity contribution in [3.05, 3.63) is 29.6 Å². The molecule has 1 fully saturated rings. The van der Waals surface area contributed by atoms with Crippen molar-refractivity contribution in [2.24, 2.45) is 0 Å². The molecule has 0 aliphatic carbocycles. The third-order valence-corrected chi connectivity index (χ3v) is 2.43. The summed E-state index contributed by atoms with van der Waals surface area (Å²) < 4.78 is 4.56. The van der Waals surface area contributed by atoms with Crippen LogP contribution in [0.15, 0.2) is 18.3 Å². The zero-order chi connectivity index (χ0) is 9.97. The van der Waals surface area contributed by atoms with Gasteiger partial charge in [-0.3, -0.25) is 0 Å². The third kappa shape index (κ3) is 1.61. The molecule has 14 heavy (non-hydrogen) atoms. The zero-order valence-electron chi connectivity index (χ0n) is 7.99. The molecule has 1 aliphatic rings. The lowest BCUT2D eigenvalue weighted by atomic mass is 9.95. The molecule has 2 heterocycles. The molecule has 2 rings (SSSR count). The lowest BCUT2D eigenvalue weighted by Gasteiger charge is -2.27. The van der Waals surface area contributed by atoms with Crippen LogP contribution in [0, 0.1) is 0 Å². The molecule has 0 amide bonds. The van der Waals surface area contributed by atoms with Crippen LogP contribution in [0.3, 0.4) is 0 Å². The Morgan fingerprint density at radius 1 is 1.57 bits per heavy atom. The van der Waals surface area contributed by atoms with Crippen LogP contribution in [-0.4, -0.2) is 31.2 Å². The first-order valence-corrected chi connectivity index (χ1v) is 4.56. The molecule has 0 bridgehead atoms. The van der Waals surface area contributed by atoms with E-state index in [-0.39, 0.29) is 5.97 Å². The molecule has 0 atom stereocenters. The Hall–Kier alpha value is -1.42. The number of methoxy groups -OCH3 is 1. The molecule has 4 heteroatoms. The molecular formula is C10H12N2O2. The van der Waals surface area contributed by atoms with E-state index in [0.29, 0.717) is 11.6 Å². The van der Waals surface area contributed by atoms with Crippen molar-refractivity contribution in [3.63, 3.8) is 0 Å². The van der Waals surface area contributed by atoms with Gasteiger partial charge in [0.15, 0.2) is 0 Å². The van der Waals surface area contributed by atoms with Gasteiger partial charge < -0.3 is 10.1 Å². The average molecular weight is 192 g/mol. The van der Waals surface area contributed by atoms with E-state index in [0.717, 1.165) is 13.1 Å². The molecule has 0 unspecified atom stereocenters. The number of aromatic nitrogens is 1. The van der Waals surface area contributed by atoms with Crippen molar-refractivity contribution >= 4 is 5.97 Å². The number of hydrogen-bond acceptors (Lipinski definition) is 4. The number of nitrogens with one attached hydrogen (secondary N) is 1. The minimum Gasteiger partial charge on any atom is -0.464 e. The van der Waals surface area contributed by atoms with Crippen molar-refractivity contribution in [2.45, 2.75) is 5.92 Å². The van der Waals surface area contributed by atoms with Crippen LogP contribution in [0.2, 0.25) is 0 Å². The summed E-state index contributed by atoms with van der Waals surface area (Å²) in [5, 5.41) is 3.19. The van der Waals surface area contributed by atoms with Gasteiger partial charge >= 0.3 is 5.97 Å². The van der Waals surface area contributed by atoms with E-state index in [1.807, 2.05) is 6.07 Å². The van der Waals surface area contributed by atoms with Crippen LogP contribution in [0.4, 0.5) is 0 Å². The maximum atomic E-state index is 11.1. The molecule has 0 spiro atoms. The van der Waals surface area contributed by atoms with Gasteiger partial charge in [-0.05, 0) is 11.6 Å². The average Bonchev–Trinajstić information content (AvgIpc) is 2.15. The molecule has 1 aromatic rings. The largest absolute Gasteiger partial charge is 0.464 e. The fraction of sp³-hybridized carbons (Fsp3) is 0.400. The van der Waals surface area contributed by atoms with E-state index in [9.17, 15) is 4.79 Å². The number of carbonyl (C=O) groups excluding carboxylic acids is 1. The molecule has 0 radical (unpaired) electrons. The van der Waals surface area contributed by atoms with Gasteiger partial charge in [-0.1, -0.05) is 6.07 Å². The molecular weight excluding hydrogens is 180 g/mol. The fourth-order valence-electron chi connectivity index (χ4n) is 1.40. The molecule has 0 aromatic carbocycles. The van der Waals surface area contributed by atoms with Crippen molar-refractivity contribution in [2.75, 3.05) is 20.2 Å². The summed E-state index contributed by atoms with van der Waals surface area (Å²) in [5.41, 5.74) is 1.54. The Kier molecular flexibility index (Phi) is 2.45. The molecule has 74 valence electrons. The predicted molar refractivity (Wildman–Crippen MR) is 51.2 cm³/mol. The smallest absolute Gasteiger partial charge is 0.356 e. The topological polar surface area (TPSA) is 51.2 Å². The van der Waals surface area contributed by atoms with Gasteiger partial charge in [0.1, 0.15) is 5.69 Å². The maximum Gasteiger partial charge on any atom is 0.356 e. The lowest BCUT2D eigenvalue weighted by molar-refractivity contribution is 0.0594. The number of rotatable bonds is 2. The Bertz CT molecular complexity index is 330. The van der Waals surface area contributed by atoms with Crippen molar-refractivity contribution in [1.29, 1.82) is 0 Å². The SMILES string of the molecule is COC(=O)c1ccc(C2CNC2)cn1. The van der Waals surface area contributed by atoms with E-state index in [1.165, 1.54) is 12.7 Å². The van der Waals surface area contributed by atoms with Gasteiger partial charge in [-0.25, -0.2) is 9.78 Å². The highest BCUT2D eigenvalue weighted by Crippen LogP contribution is 2.18. The second kappa shape index (κ2) is 3.75. The quantitative estimate of drug-likeness (QED) is 0.695. The van der Waals surface area contributed by atoms with Crippen LogP contribution >= 0.6 is 0 Å². The first-order chi connectivity index (χ1) is 6.81. The predicted octanol–water partition coefficient (Wildman–Crippen LogP) is 0.555. The summed E-state index contributed by atoms with van der Waals surface area (Å²) in [6, 6.07) is 3.64. The highest BCUT2D eigenvalue weighted by molar-refractivity contribution is 5.86. The first-order valence-electron chi connectivity index (χ1n) is 4.56. The first kappa shape index (κ1) is 9.15. The lowest BCUT2D eigenvalue weighted by Crippen LogP contribution is -2.39. The number of nitrogens with zero attached hydrogens (tertiary/aromatic N) is 1. The second-order valence-corrected chi connectivity index (χ2v) is 3.32. The van der Waals surface area contributed by atoms with Gasteiger partial charge in [-0.15, -0.1) is 0 Å². The number of pyridine rings is 1. The molecule has 1 saturated heterocycles. The fourth-order valence-corrected chi connectivity index (χ4v) is 1.40. The van der Waals surface area contributed by atoms with Crippen LogP contribution in [0.1, 0.15) is 22.0 Å². The molecule has 1 aliphatic heterocycles. The Labute approximate surface area is 82.3 Å². The van der Waals surface area contributed by atoms with Gasteiger partial charge in [0.05, 0.1) is 7.11 Å². The number of carbonyl (C=O) groups is 1. The van der Waals surface area contributed by atoms with E-state index >= 15 is 0 Å². The number of hydrogen-bond donors (Lipinski definition) is 1. The number of esters is 1. The Morgan fingerprint density at radius 3 is 2.79 bits per heavy atom. The molecule has 1 aromatic heterocycles. The van der Waals surface area contributed by atoms with Crippen LogP contribution in [0.5, 0.6) is 0 Å². The van der Waals surface area contributed by atoms with Crippen molar-refractivity contribution in [1.82, 2.24) is 10.3 Å². The van der Waals surface area contributed by atoms with Crippen LogP contribution < -0.4 is 5.32 Å². The van der Waals surface area contributed by atoms with Crippen molar-refractivity contribution < 1.29 is 9.53 Å². The highest BCUT2D eigenvalue weighted by Gasteiger charge is 2.19. The van der Waals surface area contributed by atoms with Crippen LogP contribution in [0.25, 0.3) is 0 Å². The standard InChI is InChI=1S/C10H12N2O2/c1-14-10(13)9-3-2-7(6-12-9)8-4-11-5-8/h2-3,6,8,11H,4-5H2,1H3. The van der Waals surface area contributed by atoms with Gasteiger partial charge in [0.25, 0.3) is 0 Å². The van der Waals surface area contributed by atoms with E-state index in [1.54, 1.807) is 12.3 Å². The minimum atomic E-state index is -0.386. The zero-order valence-corrected chi connectivity index (χ0v) is 7.99. The molecule has 0 saturated carbocycles. The summed E-state index contributed by atoms with van der Waals surface area (Å²) in [6.45, 7) is 2.00. The van der Waals surface area contributed by atoms with E-state index < -0.39 is 0 Å². The summed E-state index contributed by atoms with van der Waals surface area (Å²) in [4.78, 5) is 15.1. The summed E-state index contributed by atoms with van der Waals surface area (Å²) in [6.07, 6.45) is 1.75. The van der Waals surface area contributed by atoms with Gasteiger partial charge in [0.2, 0.25) is 0 Å². The highest BCUT2D eigenvalue weighted by atomic mass is 16.5. The van der Waals surface area contributed by atoms with Crippen molar-refractivity contribution in [3.8, 4) is 0 Å². The normalized spacial score (nSPS) is 16.1.